The first-order chi connectivity index (χ1) is 52.0. The van der Waals surface area contributed by atoms with E-state index < -0.39 is 251 Å². The highest BCUT2D eigenvalue weighted by Gasteiger charge is 2.52. The summed E-state index contributed by atoms with van der Waals surface area (Å²) >= 11 is 0. The monoisotopic (exact) mass is 1550 g/mol. The third kappa shape index (κ3) is 17.2. The zero-order valence-electron chi connectivity index (χ0n) is 64.8. The number of methoxy groups -OCH3 is 2. The molecule has 0 fully saturated rings. The quantitative estimate of drug-likeness (QED) is 0.0180. The van der Waals surface area contributed by atoms with E-state index in [2.05, 4.69) is 31.7 Å². The summed E-state index contributed by atoms with van der Waals surface area (Å²) in [4.78, 5) is 110. The smallest absolute Gasteiger partial charge is 0.312 e. The molecule has 32 nitrogen and oxygen atoms in total. The average molecular weight is 1550 g/mol. The van der Waals surface area contributed by atoms with Crippen LogP contribution < -0.4 is 31.0 Å². The van der Waals surface area contributed by atoms with Crippen LogP contribution in [0.5, 0.6) is 46.0 Å². The molecule has 6 aliphatic heterocycles. The van der Waals surface area contributed by atoms with Crippen molar-refractivity contribution >= 4 is 92.5 Å². The van der Waals surface area contributed by atoms with Crippen molar-refractivity contribution in [2.75, 3.05) is 24.9 Å². The summed E-state index contributed by atoms with van der Waals surface area (Å²) in [5.41, 5.74) is 0.432. The summed E-state index contributed by atoms with van der Waals surface area (Å²) in [6.45, 7) is 23.4. The van der Waals surface area contributed by atoms with E-state index in [0.29, 0.717) is 0 Å². The molecule has 10 bridgehead atoms. The number of Topliss-reactive ketones (excluding diaryl/α,β-unsaturated/α-hetero) is 2. The van der Waals surface area contributed by atoms with Gasteiger partial charge in [0.2, 0.25) is 11.8 Å². The second kappa shape index (κ2) is 34.6. The Kier molecular flexibility index (Phi) is 26.7. The maximum atomic E-state index is 14.8. The molecule has 4 aromatic carbocycles. The van der Waals surface area contributed by atoms with E-state index in [1.165, 1.54) is 106 Å². The number of phenols is 6. The second-order valence-electron chi connectivity index (χ2n) is 29.0. The van der Waals surface area contributed by atoms with Crippen LogP contribution in [0.3, 0.4) is 0 Å². The number of anilines is 2. The number of ether oxygens (including phenoxy) is 8. The summed E-state index contributed by atoms with van der Waals surface area (Å²) in [5.74, 6) is -24.0. The van der Waals surface area contributed by atoms with Gasteiger partial charge in [-0.3, -0.25) is 38.4 Å². The van der Waals surface area contributed by atoms with Crippen LogP contribution in [0.1, 0.15) is 146 Å². The van der Waals surface area contributed by atoms with Crippen molar-refractivity contribution in [3.05, 3.63) is 106 Å². The summed E-state index contributed by atoms with van der Waals surface area (Å²) in [7, 11) is 2.72. The average Bonchev–Trinajstić information content (AvgIpc) is 1.62. The van der Waals surface area contributed by atoms with E-state index in [1.807, 2.05) is 0 Å². The lowest BCUT2D eigenvalue weighted by Crippen LogP contribution is -2.46. The number of hydrogen-bond acceptors (Lipinski definition) is 28. The number of aromatic hydroxyl groups is 6. The minimum atomic E-state index is -2.28. The van der Waals surface area contributed by atoms with Crippen molar-refractivity contribution in [3.63, 3.8) is 0 Å². The van der Waals surface area contributed by atoms with Gasteiger partial charge in [0.05, 0.1) is 106 Å². The van der Waals surface area contributed by atoms with Gasteiger partial charge in [0.25, 0.3) is 23.4 Å². The zero-order valence-corrected chi connectivity index (χ0v) is 64.8. The lowest BCUT2D eigenvalue weighted by Gasteiger charge is -2.38. The van der Waals surface area contributed by atoms with Crippen molar-refractivity contribution in [2.24, 2.45) is 57.5 Å². The highest BCUT2D eigenvalue weighted by molar-refractivity contribution is 6.25. The van der Waals surface area contributed by atoms with E-state index >= 15 is 0 Å². The predicted octanol–water partition coefficient (Wildman–Crippen LogP) is 7.81. The number of hydrazone groups is 2. The molecule has 0 saturated carbocycles. The molecule has 10 rings (SSSR count). The molecule has 18 unspecified atom stereocenters. The first kappa shape index (κ1) is 85.7. The van der Waals surface area contributed by atoms with E-state index in [4.69, 9.17) is 37.9 Å². The largest absolute Gasteiger partial charge is 0.507 e. The molecule has 18 atom stereocenters. The molecule has 0 aromatic heterocycles. The molecule has 32 heteroatoms. The number of hydrogen-bond donors (Lipinski definition) is 14. The van der Waals surface area contributed by atoms with E-state index in [9.17, 15) is 89.4 Å². The van der Waals surface area contributed by atoms with Crippen LogP contribution in [0.25, 0.3) is 21.5 Å². The summed E-state index contributed by atoms with van der Waals surface area (Å²) in [6.07, 6.45) is 5.13. The number of phenolic OH excluding ortho intramolecular Hbond substituents is 6. The fourth-order valence-electron chi connectivity index (χ4n) is 14.3. The second-order valence-corrected chi connectivity index (χ2v) is 29.0. The van der Waals surface area contributed by atoms with Gasteiger partial charge in [-0.15, -0.1) is 0 Å². The standard InChI is InChI=1S/C79H98N6O26/c1-32-21-19-23-34(3)76(102)82-58-46(66(96)52-54(68(58)98)64(94)42(11)72-56(52)74(100)78(15,110-72)106-27-25-48(104-17)36(5)70(108-44(13)86)40(9)62(92)38(7)60(32)90)30-80-84-50(88)29-51(89)85-81-31-47-59-69(99)55-53(67(47)97)57-73(43(12)65(55)95)111-79(16,75(57)101)107-28-26-49(105-18)37(6)71(109-45(14)87)41(10)63(93)39(8)61(91)33(2)22-20-24-35(4)77(103)83-59/h19-28,30-33,36-41,48-49,60-63,70-71,90-99H,29H2,1-18H3,(H,82,102)(H,83,103)(H,84,88)(H,85,89)/b21-19-,22-20+,27-25-,28-26+,34-23-,35-24?,80-30-,81-31+. The van der Waals surface area contributed by atoms with Gasteiger partial charge in [0.1, 0.15) is 53.1 Å². The molecular formula is C79H98N6O26. The SMILES string of the molecule is COC1/C=C\OC2(C)Oc3c(C)c(O)c4c(O)c(c(/C=N\NC(=O)CC(=O)N/N=C/c5c6c(O)c7c(O)c(C)c8c(c7c5O)C(=O)C(C)(O/C=C/C(OC)C(C)C(OC(C)=O)C(C)C(O)C(C)C(O)C(C)/C=C/C=C(C)C(=O)N6)O8)c(O)c4c3C2=O)NC(=O)/C(C)=C\C=C/C(C)C(O)C(C)C(O)C(C)C(OC(C)=O)C1C. The van der Waals surface area contributed by atoms with Gasteiger partial charge in [-0.2, -0.15) is 10.2 Å². The number of nitrogens with one attached hydrogen (secondary N) is 4. The number of carbonyl (C=O) groups is 8. The van der Waals surface area contributed by atoms with Crippen LogP contribution in [0.4, 0.5) is 11.4 Å². The van der Waals surface area contributed by atoms with Crippen LogP contribution in [0, 0.1) is 61.2 Å². The molecule has 600 valence electrons. The Morgan fingerprint density at radius 2 is 0.838 bits per heavy atom. The topological polar surface area (TPSA) is 486 Å². The first-order valence-electron chi connectivity index (χ1n) is 35.8. The molecule has 6 aliphatic rings. The maximum absolute atomic E-state index is 14.8. The summed E-state index contributed by atoms with van der Waals surface area (Å²) < 4.78 is 47.3. The number of rotatable bonds is 10. The molecule has 4 amide bonds. The van der Waals surface area contributed by atoms with Gasteiger partial charge in [-0.05, 0) is 39.8 Å². The van der Waals surface area contributed by atoms with Gasteiger partial charge in [-0.25, -0.2) is 10.9 Å². The first-order valence-corrected chi connectivity index (χ1v) is 35.8. The van der Waals surface area contributed by atoms with Gasteiger partial charge in [-0.1, -0.05) is 91.8 Å². The van der Waals surface area contributed by atoms with E-state index in [-0.39, 0.29) is 33.8 Å². The van der Waals surface area contributed by atoms with Gasteiger partial charge < -0.3 is 99.6 Å². The molecule has 14 N–H and O–H groups in total. The predicted molar refractivity (Wildman–Crippen MR) is 404 cm³/mol. The third-order valence-electron chi connectivity index (χ3n) is 21.2. The lowest BCUT2D eigenvalue weighted by molar-refractivity contribution is -0.161. The molecule has 0 aliphatic carbocycles. The van der Waals surface area contributed by atoms with Crippen LogP contribution >= 0.6 is 0 Å². The fourth-order valence-corrected chi connectivity index (χ4v) is 14.3. The number of ketones is 2. The van der Waals surface area contributed by atoms with Crippen LogP contribution in [-0.2, 0) is 57.2 Å². The van der Waals surface area contributed by atoms with Crippen LogP contribution in [0.2, 0.25) is 0 Å². The van der Waals surface area contributed by atoms with Crippen LogP contribution in [-0.4, -0.2) is 185 Å². The molecule has 6 heterocycles. The fraction of sp³-hybridized carbons (Fsp3) is 0.468. The number of carbonyl (C=O) groups excluding carboxylic acids is 8. The molecule has 0 radical (unpaired) electrons. The van der Waals surface area contributed by atoms with Crippen molar-refractivity contribution in [3.8, 4) is 46.0 Å². The number of nitrogens with zero attached hydrogens (tertiary/aromatic N) is 2. The van der Waals surface area contributed by atoms with Crippen molar-refractivity contribution in [1.82, 2.24) is 10.9 Å². The number of aliphatic hydroxyl groups is 4. The zero-order chi connectivity index (χ0) is 82.6. The minimum Gasteiger partial charge on any atom is -0.507 e. The molecule has 0 saturated heterocycles. The minimum absolute atomic E-state index is 0.0502. The lowest BCUT2D eigenvalue weighted by atomic mass is 9.78. The van der Waals surface area contributed by atoms with E-state index in [0.717, 1.165) is 25.0 Å². The number of benzene rings is 4. The molecular weight excluding hydrogens is 1450 g/mol. The Morgan fingerprint density at radius 3 is 1.16 bits per heavy atom. The molecule has 0 spiro atoms. The Labute approximate surface area is 639 Å². The van der Waals surface area contributed by atoms with Crippen molar-refractivity contribution < 1.29 is 127 Å². The Hall–Kier alpha value is -10.9. The normalized spacial score (nSPS) is 30.8. The highest BCUT2D eigenvalue weighted by atomic mass is 16.7. The van der Waals surface area contributed by atoms with Crippen molar-refractivity contribution in [2.45, 2.75) is 178 Å². The van der Waals surface area contributed by atoms with Gasteiger partial charge >= 0.3 is 23.5 Å². The number of aliphatic hydroxyl groups excluding tert-OH is 4. The highest BCUT2D eigenvalue weighted by Crippen LogP contribution is 2.57. The number of fused-ring (bicyclic) bond motifs is 28. The summed E-state index contributed by atoms with van der Waals surface area (Å²) in [6, 6.07) is 0. The Balaban J connectivity index is 1.15. The van der Waals surface area contributed by atoms with Crippen molar-refractivity contribution in [1.29, 1.82) is 0 Å². The Morgan fingerprint density at radius 1 is 0.495 bits per heavy atom. The van der Waals surface area contributed by atoms with E-state index in [1.54, 1.807) is 67.5 Å². The van der Waals surface area contributed by atoms with Gasteiger partial charge in [0, 0.05) is 122 Å². The van der Waals surface area contributed by atoms with Gasteiger partial charge in [0.15, 0.2) is 11.5 Å². The summed E-state index contributed by atoms with van der Waals surface area (Å²) in [5, 5.41) is 130. The number of allylic oxidation sites excluding steroid dienone is 4. The number of amides is 4. The van der Waals surface area contributed by atoms with Crippen LogP contribution in [0.15, 0.2) is 82.5 Å². The molecule has 4 aromatic rings. The Bertz CT molecular complexity index is 4350. The number of esters is 2. The third-order valence-corrected chi connectivity index (χ3v) is 21.2. The molecule has 111 heavy (non-hydrogen) atoms. The maximum Gasteiger partial charge on any atom is 0.312 e.